The Kier molecular flexibility index (Phi) is 2.23. The van der Waals surface area contributed by atoms with Crippen LogP contribution in [0.25, 0.3) is 0 Å². The number of ether oxygens (including phenoxy) is 1. The normalized spacial score (nSPS) is 18.3. The first-order chi connectivity index (χ1) is 7.08. The van der Waals surface area contributed by atoms with E-state index in [0.717, 1.165) is 11.4 Å². The van der Waals surface area contributed by atoms with Gasteiger partial charge in [0.1, 0.15) is 5.60 Å². The van der Waals surface area contributed by atoms with Gasteiger partial charge in [-0.05, 0) is 26.0 Å². The Morgan fingerprint density at radius 2 is 1.87 bits per heavy atom. The number of benzene rings is 1. The molecule has 3 nitrogen and oxygen atoms in total. The molecule has 0 aromatic heterocycles. The lowest BCUT2D eigenvalue weighted by Crippen LogP contribution is -2.27. The fraction of sp³-hybridized carbons (Fsp3) is 0.250. The van der Waals surface area contributed by atoms with E-state index >= 15 is 0 Å². The van der Waals surface area contributed by atoms with E-state index < -0.39 is 5.60 Å². The van der Waals surface area contributed by atoms with Crippen LogP contribution in [0.5, 0.6) is 0 Å². The molecule has 78 valence electrons. The number of hydrogen-bond acceptors (Lipinski definition) is 3. The lowest BCUT2D eigenvalue weighted by atomic mass is 10.1. The molecule has 0 amide bonds. The van der Waals surface area contributed by atoms with Gasteiger partial charge in [0, 0.05) is 11.8 Å². The summed E-state index contributed by atoms with van der Waals surface area (Å²) in [5.41, 5.74) is 1.18. The molecule has 15 heavy (non-hydrogen) atoms. The molecule has 1 aromatic rings. The van der Waals surface area contributed by atoms with Crippen molar-refractivity contribution in [3.63, 3.8) is 0 Å². The number of esters is 1. The van der Waals surface area contributed by atoms with Crippen molar-refractivity contribution in [2.45, 2.75) is 19.4 Å². The van der Waals surface area contributed by atoms with Gasteiger partial charge in [-0.3, -0.25) is 0 Å². The van der Waals surface area contributed by atoms with Crippen LogP contribution in [0, 0.1) is 0 Å². The molecule has 1 N–H and O–H groups in total. The maximum Gasteiger partial charge on any atom is 0.333 e. The highest BCUT2D eigenvalue weighted by molar-refractivity contribution is 5.87. The standard InChI is InChI=1S/C12H13NO2/c1-12(2)10(8-11(14)15-12)13-9-6-4-3-5-7-9/h3-8,13H,1-2H3. The molecule has 0 saturated heterocycles. The summed E-state index contributed by atoms with van der Waals surface area (Å²) in [5.74, 6) is -0.293. The summed E-state index contributed by atoms with van der Waals surface area (Å²) >= 11 is 0. The summed E-state index contributed by atoms with van der Waals surface area (Å²) in [6.07, 6.45) is 1.49. The predicted molar refractivity (Wildman–Crippen MR) is 58.3 cm³/mol. The topological polar surface area (TPSA) is 38.3 Å². The van der Waals surface area contributed by atoms with E-state index in [9.17, 15) is 4.79 Å². The van der Waals surface area contributed by atoms with E-state index in [0.29, 0.717) is 0 Å². The molecule has 1 aliphatic rings. The number of cyclic esters (lactones) is 1. The number of para-hydroxylation sites is 1. The number of rotatable bonds is 2. The fourth-order valence-corrected chi connectivity index (χ4v) is 1.49. The van der Waals surface area contributed by atoms with E-state index in [2.05, 4.69) is 5.32 Å². The molecule has 0 fully saturated rings. The maximum atomic E-state index is 11.1. The van der Waals surface area contributed by atoms with Gasteiger partial charge in [-0.15, -0.1) is 0 Å². The molecule has 1 aromatic carbocycles. The zero-order chi connectivity index (χ0) is 10.9. The largest absolute Gasteiger partial charge is 0.450 e. The lowest BCUT2D eigenvalue weighted by Gasteiger charge is -2.22. The lowest BCUT2D eigenvalue weighted by molar-refractivity contribution is -0.143. The number of carbonyl (C=O) groups is 1. The van der Waals surface area contributed by atoms with E-state index in [1.165, 1.54) is 6.08 Å². The fourth-order valence-electron chi connectivity index (χ4n) is 1.49. The molecule has 0 spiro atoms. The van der Waals surface area contributed by atoms with Gasteiger partial charge >= 0.3 is 5.97 Å². The van der Waals surface area contributed by atoms with Crippen LogP contribution >= 0.6 is 0 Å². The Hall–Kier alpha value is -1.77. The van der Waals surface area contributed by atoms with Gasteiger partial charge in [0.2, 0.25) is 0 Å². The SMILES string of the molecule is CC1(C)OC(=O)C=C1Nc1ccccc1. The molecule has 0 unspecified atom stereocenters. The van der Waals surface area contributed by atoms with Crippen molar-refractivity contribution < 1.29 is 9.53 Å². The van der Waals surface area contributed by atoms with Crippen LogP contribution in [0.2, 0.25) is 0 Å². The van der Waals surface area contributed by atoms with Crippen LogP contribution < -0.4 is 5.32 Å². The second-order valence-electron chi connectivity index (χ2n) is 3.98. The van der Waals surface area contributed by atoms with Crippen molar-refractivity contribution in [1.29, 1.82) is 0 Å². The van der Waals surface area contributed by atoms with Crippen LogP contribution in [0.1, 0.15) is 13.8 Å². The summed E-state index contributed by atoms with van der Waals surface area (Å²) in [4.78, 5) is 11.1. The van der Waals surface area contributed by atoms with Crippen LogP contribution in [0.3, 0.4) is 0 Å². The highest BCUT2D eigenvalue weighted by Gasteiger charge is 2.34. The van der Waals surface area contributed by atoms with E-state index in [1.807, 2.05) is 44.2 Å². The predicted octanol–water partition coefficient (Wildman–Crippen LogP) is 2.32. The highest BCUT2D eigenvalue weighted by Crippen LogP contribution is 2.28. The van der Waals surface area contributed by atoms with Crippen LogP contribution in [-0.2, 0) is 9.53 Å². The Morgan fingerprint density at radius 3 is 2.40 bits per heavy atom. The summed E-state index contributed by atoms with van der Waals surface area (Å²) in [7, 11) is 0. The van der Waals surface area contributed by atoms with Gasteiger partial charge < -0.3 is 10.1 Å². The van der Waals surface area contributed by atoms with Crippen molar-refractivity contribution in [1.82, 2.24) is 0 Å². The zero-order valence-electron chi connectivity index (χ0n) is 8.78. The van der Waals surface area contributed by atoms with Crippen molar-refractivity contribution in [3.8, 4) is 0 Å². The molecule has 3 heteroatoms. The molecule has 0 aliphatic carbocycles. The van der Waals surface area contributed by atoms with Crippen molar-refractivity contribution >= 4 is 11.7 Å². The van der Waals surface area contributed by atoms with Crippen molar-refractivity contribution in [3.05, 3.63) is 42.1 Å². The van der Waals surface area contributed by atoms with E-state index in [4.69, 9.17) is 4.74 Å². The van der Waals surface area contributed by atoms with Crippen molar-refractivity contribution in [2.75, 3.05) is 5.32 Å². The minimum atomic E-state index is -0.563. The number of carbonyl (C=O) groups excluding carboxylic acids is 1. The van der Waals surface area contributed by atoms with Gasteiger partial charge in [0.15, 0.2) is 0 Å². The van der Waals surface area contributed by atoms with Gasteiger partial charge in [-0.25, -0.2) is 4.79 Å². The summed E-state index contributed by atoms with van der Waals surface area (Å²) in [6, 6.07) is 9.71. The molecule has 1 aliphatic heterocycles. The molecule has 1 heterocycles. The molecule has 0 radical (unpaired) electrons. The second-order valence-corrected chi connectivity index (χ2v) is 3.98. The molecule has 2 rings (SSSR count). The first-order valence-corrected chi connectivity index (χ1v) is 4.85. The Balaban J connectivity index is 2.20. The monoisotopic (exact) mass is 203 g/mol. The first-order valence-electron chi connectivity index (χ1n) is 4.85. The van der Waals surface area contributed by atoms with Gasteiger partial charge in [-0.1, -0.05) is 18.2 Å². The minimum Gasteiger partial charge on any atom is -0.450 e. The number of hydrogen-bond donors (Lipinski definition) is 1. The minimum absolute atomic E-state index is 0.293. The Morgan fingerprint density at radius 1 is 1.20 bits per heavy atom. The van der Waals surface area contributed by atoms with Crippen LogP contribution in [-0.4, -0.2) is 11.6 Å². The second kappa shape index (κ2) is 3.42. The molecular formula is C12H13NO2. The summed E-state index contributed by atoms with van der Waals surface area (Å²) < 4.78 is 5.14. The quantitative estimate of drug-likeness (QED) is 0.749. The third kappa shape index (κ3) is 2.01. The first kappa shape index (κ1) is 9.77. The Bertz CT molecular complexity index is 407. The third-order valence-electron chi connectivity index (χ3n) is 2.32. The summed E-state index contributed by atoms with van der Waals surface area (Å²) in [6.45, 7) is 3.72. The molecule has 0 bridgehead atoms. The Labute approximate surface area is 88.8 Å². The zero-order valence-corrected chi connectivity index (χ0v) is 8.78. The van der Waals surface area contributed by atoms with E-state index in [-0.39, 0.29) is 5.97 Å². The van der Waals surface area contributed by atoms with Gasteiger partial charge in [0.25, 0.3) is 0 Å². The maximum absolute atomic E-state index is 11.1. The van der Waals surface area contributed by atoms with Crippen molar-refractivity contribution in [2.24, 2.45) is 0 Å². The van der Waals surface area contributed by atoms with Gasteiger partial charge in [-0.2, -0.15) is 0 Å². The smallest absolute Gasteiger partial charge is 0.333 e. The van der Waals surface area contributed by atoms with Gasteiger partial charge in [0.05, 0.1) is 5.70 Å². The molecular weight excluding hydrogens is 190 g/mol. The molecule has 0 atom stereocenters. The third-order valence-corrected chi connectivity index (χ3v) is 2.32. The van der Waals surface area contributed by atoms with Crippen LogP contribution in [0.15, 0.2) is 42.1 Å². The number of nitrogens with one attached hydrogen (secondary N) is 1. The highest BCUT2D eigenvalue weighted by atomic mass is 16.6. The summed E-state index contributed by atoms with van der Waals surface area (Å²) in [5, 5.41) is 3.18. The van der Waals surface area contributed by atoms with Crippen LogP contribution in [0.4, 0.5) is 5.69 Å². The average molecular weight is 203 g/mol. The van der Waals surface area contributed by atoms with E-state index in [1.54, 1.807) is 0 Å². The average Bonchev–Trinajstić information content (AvgIpc) is 2.41. The number of anilines is 1. The molecule has 0 saturated carbocycles.